The van der Waals surface area contributed by atoms with E-state index in [2.05, 4.69) is 66.8 Å². The second-order valence-corrected chi connectivity index (χ2v) is 25.6. The zero-order valence-corrected chi connectivity index (χ0v) is 56.6. The number of nitrogens with one attached hydrogen (secondary N) is 7. The van der Waals surface area contributed by atoms with Crippen molar-refractivity contribution in [1.29, 1.82) is 0 Å². The molecular formula is C58H90N20O18S2. The Bertz CT molecular complexity index is 3380. The predicted molar refractivity (Wildman–Crippen MR) is 350 cm³/mol. The zero-order valence-electron chi connectivity index (χ0n) is 54.9. The van der Waals surface area contributed by atoms with Crippen LogP contribution in [0.15, 0.2) is 28.3 Å². The van der Waals surface area contributed by atoms with Crippen molar-refractivity contribution in [2.24, 2.45) is 57.1 Å². The standard InChI is InChI=1S/C58H90N20O18S2/c1-8-33-22(2)23(3)43(94-55-42(84)45(96-58(65)91)41(83)34(18-79)93-55)56(92-33)95-44(30-17-66-21-71-30)39(77-52(89)37-24(4)46(61)78-48(75-37)29(15-35(60)81)70-16-28(59)47(62)85)53(90)72-26(6)40(82)25(5)49(86)76-38(27(7)80)51(88)68-14-11-36-73-32(20-97-36)54-74-31(19-98-54)50(87)67-12-9-10-13-69-57(63)64/h17,19-23,25-29,33-34,38-45,55-56,70,79-80,82-84H,8-16,18,59H2,1-7H3,(H2,60,81)(H2,62,85)(H2,65,91)(H,66,71)(H,67,87)(H,68,88)(H,72,90)(H,76,86)(H,77,89)(H2,61,75,78)(H4,63,64,69). The van der Waals surface area contributed by atoms with Gasteiger partial charge < -0.3 is 126 Å². The number of ether oxygens (including phenoxy) is 5. The molecule has 2 aliphatic rings. The largest absolute Gasteiger partial charge is 0.441 e. The van der Waals surface area contributed by atoms with Crippen LogP contribution in [0.4, 0.5) is 10.6 Å². The van der Waals surface area contributed by atoms with E-state index in [4.69, 9.17) is 63.8 Å². The van der Waals surface area contributed by atoms with Crippen LogP contribution in [0, 0.1) is 24.7 Å². The van der Waals surface area contributed by atoms with E-state index < -0.39 is 170 Å². The van der Waals surface area contributed by atoms with E-state index in [1.54, 1.807) is 17.7 Å². The van der Waals surface area contributed by atoms with Gasteiger partial charge in [0.15, 0.2) is 24.6 Å². The van der Waals surface area contributed by atoms with Crippen LogP contribution in [-0.2, 0) is 54.1 Å². The molecule has 0 radical (unpaired) electrons. The summed E-state index contributed by atoms with van der Waals surface area (Å²) in [5.74, 6) is -9.05. The van der Waals surface area contributed by atoms with Gasteiger partial charge in [-0.2, -0.15) is 0 Å². The second kappa shape index (κ2) is 36.5. The number of aliphatic imine (C=N–C) groups is 1. The van der Waals surface area contributed by atoms with Gasteiger partial charge in [-0.25, -0.2) is 29.7 Å². The molecule has 6 rings (SSSR count). The van der Waals surface area contributed by atoms with E-state index in [0.717, 1.165) is 0 Å². The van der Waals surface area contributed by atoms with Crippen molar-refractivity contribution in [1.82, 2.24) is 61.8 Å². The van der Waals surface area contributed by atoms with Gasteiger partial charge >= 0.3 is 6.09 Å². The number of hydrogen-bond donors (Lipinski definition) is 19. The highest BCUT2D eigenvalue weighted by Gasteiger charge is 2.52. The number of H-pyrrole nitrogens is 1. The van der Waals surface area contributed by atoms with E-state index in [0.29, 0.717) is 48.1 Å². The lowest BCUT2D eigenvalue weighted by molar-refractivity contribution is -0.360. The summed E-state index contributed by atoms with van der Waals surface area (Å²) in [4.78, 5) is 136. The second-order valence-electron chi connectivity index (χ2n) is 23.8. The number of aliphatic hydroxyl groups excluding tert-OH is 5. The minimum Gasteiger partial charge on any atom is -0.441 e. The number of nitrogens with zero attached hydrogens (tertiary/aromatic N) is 6. The summed E-state index contributed by atoms with van der Waals surface area (Å²) in [6, 6.07) is -7.42. The minimum absolute atomic E-state index is 0.00652. The van der Waals surface area contributed by atoms with E-state index in [-0.39, 0.29) is 65.9 Å². The van der Waals surface area contributed by atoms with E-state index in [1.165, 1.54) is 62.9 Å². The van der Waals surface area contributed by atoms with Crippen LogP contribution < -0.4 is 72.0 Å². The lowest BCUT2D eigenvalue weighted by Gasteiger charge is -2.48. The average molecular weight is 1420 g/mol. The van der Waals surface area contributed by atoms with E-state index >= 15 is 9.59 Å². The van der Waals surface area contributed by atoms with Gasteiger partial charge in [-0.3, -0.25) is 38.6 Å². The molecule has 0 bridgehead atoms. The Morgan fingerprint density at radius 3 is 2.15 bits per heavy atom. The van der Waals surface area contributed by atoms with Crippen molar-refractivity contribution in [3.63, 3.8) is 0 Å². The first-order chi connectivity index (χ1) is 46.3. The summed E-state index contributed by atoms with van der Waals surface area (Å²) in [6.45, 7) is 10.4. The van der Waals surface area contributed by atoms with Gasteiger partial charge in [-0.1, -0.05) is 27.7 Å². The Kier molecular flexibility index (Phi) is 29.4. The Hall–Kier alpha value is -8.26. The minimum atomic E-state index is -1.98. The quantitative estimate of drug-likeness (QED) is 0.0115. The number of nitrogens with two attached hydrogens (primary N) is 7. The summed E-state index contributed by atoms with van der Waals surface area (Å²) in [5.41, 5.74) is 39.4. The van der Waals surface area contributed by atoms with Crippen molar-refractivity contribution in [2.45, 2.75) is 178 Å². The van der Waals surface area contributed by atoms with Crippen molar-refractivity contribution in [3.8, 4) is 10.7 Å². The molecular weight excluding hydrogens is 1330 g/mol. The monoisotopic (exact) mass is 1420 g/mol. The molecule has 26 N–H and O–H groups in total. The molecule has 19 atom stereocenters. The third-order valence-electron chi connectivity index (χ3n) is 16.5. The highest BCUT2D eigenvalue weighted by Crippen LogP contribution is 2.40. The molecule has 8 amide bonds. The summed E-state index contributed by atoms with van der Waals surface area (Å²) >= 11 is 2.50. The number of aliphatic hydroxyl groups is 5. The molecule has 4 aromatic heterocycles. The molecule has 98 heavy (non-hydrogen) atoms. The van der Waals surface area contributed by atoms with Crippen LogP contribution in [0.1, 0.15) is 122 Å². The van der Waals surface area contributed by atoms with Crippen LogP contribution in [0.25, 0.3) is 10.7 Å². The number of rotatable bonds is 36. The summed E-state index contributed by atoms with van der Waals surface area (Å²) in [6.07, 6.45) is -14.8. The van der Waals surface area contributed by atoms with E-state index in [9.17, 15) is 54.3 Å². The normalized spacial score (nSPS) is 23.6. The Morgan fingerprint density at radius 1 is 0.806 bits per heavy atom. The number of primary amides is 3. The van der Waals surface area contributed by atoms with Gasteiger partial charge in [0, 0.05) is 55.3 Å². The lowest BCUT2D eigenvalue weighted by Crippen LogP contribution is -2.63. The van der Waals surface area contributed by atoms with Crippen molar-refractivity contribution in [2.75, 3.05) is 38.5 Å². The van der Waals surface area contributed by atoms with Gasteiger partial charge in [-0.15, -0.1) is 22.7 Å². The zero-order chi connectivity index (χ0) is 72.4. The highest BCUT2D eigenvalue weighted by atomic mass is 32.1. The maximum Gasteiger partial charge on any atom is 0.404 e. The number of amides is 8. The predicted octanol–water partition coefficient (Wildman–Crippen LogP) is -4.95. The molecule has 4 aromatic rings. The third-order valence-corrected chi connectivity index (χ3v) is 18.3. The van der Waals surface area contributed by atoms with Gasteiger partial charge in [-0.05, 0) is 51.9 Å². The number of guanidine groups is 1. The Morgan fingerprint density at radius 2 is 1.52 bits per heavy atom. The number of nitrogen functional groups attached to an aromatic ring is 1. The molecule has 2 fully saturated rings. The first kappa shape index (κ1) is 78.7. The molecule has 38 nitrogen and oxygen atoms in total. The van der Waals surface area contributed by atoms with Crippen LogP contribution in [0.2, 0.25) is 0 Å². The molecule has 0 aromatic carbocycles. The number of aromatic amines is 1. The Labute approximate surface area is 570 Å². The molecule has 0 saturated carbocycles. The fraction of sp³-hybridized carbons (Fsp3) is 0.621. The van der Waals surface area contributed by atoms with Gasteiger partial charge in [0.2, 0.25) is 29.5 Å². The lowest BCUT2D eigenvalue weighted by atomic mass is 9.82. The van der Waals surface area contributed by atoms with Gasteiger partial charge in [0.1, 0.15) is 76.3 Å². The number of carbonyl (C=O) groups excluding carboxylic acids is 8. The summed E-state index contributed by atoms with van der Waals surface area (Å²) in [5, 5.41) is 75.8. The fourth-order valence-electron chi connectivity index (χ4n) is 10.6. The highest BCUT2D eigenvalue weighted by molar-refractivity contribution is 7.14. The number of hydrogen-bond acceptors (Lipinski definition) is 29. The molecule has 0 spiro atoms. The molecule has 2 saturated heterocycles. The van der Waals surface area contributed by atoms with Crippen LogP contribution in [0.3, 0.4) is 0 Å². The topological polar surface area (TPSA) is 631 Å². The fourth-order valence-corrected chi connectivity index (χ4v) is 12.2. The van der Waals surface area contributed by atoms with Crippen molar-refractivity contribution < 1.29 is 87.6 Å². The summed E-state index contributed by atoms with van der Waals surface area (Å²) < 4.78 is 30.6. The molecule has 19 unspecified atom stereocenters. The average Bonchev–Trinajstić information content (AvgIpc) is 0.835. The smallest absolute Gasteiger partial charge is 0.404 e. The van der Waals surface area contributed by atoms with E-state index in [1.807, 2.05) is 13.8 Å². The van der Waals surface area contributed by atoms with Crippen LogP contribution in [-0.4, -0.2) is 227 Å². The molecule has 6 heterocycles. The third kappa shape index (κ3) is 21.1. The number of aromatic nitrogens is 6. The number of thiazole rings is 2. The van der Waals surface area contributed by atoms with Crippen LogP contribution in [0.5, 0.6) is 0 Å². The molecule has 542 valence electrons. The summed E-state index contributed by atoms with van der Waals surface area (Å²) in [7, 11) is 0. The maximum atomic E-state index is 15.3. The molecule has 40 heteroatoms. The van der Waals surface area contributed by atoms with Crippen molar-refractivity contribution >= 4 is 81.9 Å². The molecule has 2 aliphatic heterocycles. The number of carbonyl (C=O) groups is 8. The number of anilines is 1. The number of unbranched alkanes of at least 4 members (excludes halogenated alkanes) is 1. The van der Waals surface area contributed by atoms with Crippen molar-refractivity contribution in [3.05, 3.63) is 56.8 Å². The SMILES string of the molecule is CCC1OC(OC(c2cnc[nH]2)C(NC(=O)c2nc(C(CC(N)=O)NCC(N)C(N)=O)nc(N)c2C)C(=O)NC(C)C(O)C(C)C(=O)NC(C(=O)NCCc2nc(-c3nc(C(=O)NCCCCN=C(N)N)cs3)cs2)C(C)O)C(OC2OC(CO)C(O)C(OC(N)=O)C2O)C(C)C1C. The first-order valence-electron chi connectivity index (χ1n) is 31.4. The molecule has 0 aliphatic carbocycles. The number of imidazole rings is 1. The Balaban J connectivity index is 1.24. The van der Waals surface area contributed by atoms with Crippen LogP contribution >= 0.6 is 22.7 Å². The first-order valence-corrected chi connectivity index (χ1v) is 33.1. The van der Waals surface area contributed by atoms with Gasteiger partial charge in [0.25, 0.3) is 11.8 Å². The maximum absolute atomic E-state index is 15.3. The van der Waals surface area contributed by atoms with Gasteiger partial charge in [0.05, 0.1) is 72.2 Å².